The van der Waals surface area contributed by atoms with Gasteiger partial charge in [0, 0.05) is 38.5 Å². The van der Waals surface area contributed by atoms with Crippen molar-refractivity contribution in [2.75, 3.05) is 26.2 Å². The minimum Gasteiger partial charge on any atom is -0.356 e. The van der Waals surface area contributed by atoms with Crippen molar-refractivity contribution >= 4 is 29.5 Å². The monoisotopic (exact) mass is 473 g/mol. The maximum atomic E-state index is 13.3. The van der Waals surface area contributed by atoms with Crippen LogP contribution in [0.15, 0.2) is 30.3 Å². The Morgan fingerprint density at radius 3 is 2.26 bits per heavy atom. The Bertz CT molecular complexity index is 876. The maximum absolute atomic E-state index is 13.3. The van der Waals surface area contributed by atoms with Crippen LogP contribution in [0.5, 0.6) is 0 Å². The summed E-state index contributed by atoms with van der Waals surface area (Å²) in [5.74, 6) is -1.84. The molecule has 1 aromatic rings. The van der Waals surface area contributed by atoms with Gasteiger partial charge in [-0.3, -0.25) is 24.0 Å². The number of carbonyl (C=O) groups excluding carboxylic acids is 5. The molecule has 186 valence electrons. The highest BCUT2D eigenvalue weighted by Gasteiger charge is 2.27. The van der Waals surface area contributed by atoms with E-state index in [1.807, 2.05) is 44.2 Å². The Balaban J connectivity index is 2.28. The van der Waals surface area contributed by atoms with Crippen LogP contribution in [0.3, 0.4) is 0 Å². The second-order valence-corrected chi connectivity index (χ2v) is 8.44. The Morgan fingerprint density at radius 2 is 1.59 bits per heavy atom. The molecular formula is C24H35N5O5. The minimum atomic E-state index is -0.835. The third kappa shape index (κ3) is 8.49. The summed E-state index contributed by atoms with van der Waals surface area (Å²) < 4.78 is 0. The van der Waals surface area contributed by atoms with Crippen LogP contribution < -0.4 is 16.0 Å². The first-order valence-electron chi connectivity index (χ1n) is 11.7. The first-order chi connectivity index (χ1) is 16.2. The topological polar surface area (TPSA) is 128 Å². The standard InChI is InChI=1S/C24H35N5O5/c1-4-17(2)29-16-23(33)28(14-19-8-6-5-7-9-19)15-21(31)27-18(3)24(34)26-12-10-20(30)25-13-11-22(29)32/h5-9,17-18H,4,10-16H2,1-3H3,(H,25,30)(H,26,34)(H,27,31)/t17?,18-/m0/s1. The van der Waals surface area contributed by atoms with Gasteiger partial charge >= 0.3 is 0 Å². The number of nitrogens with zero attached hydrogens (tertiary/aromatic N) is 2. The van der Waals surface area contributed by atoms with Gasteiger partial charge in [0.25, 0.3) is 0 Å². The molecule has 1 unspecified atom stereocenters. The molecule has 0 radical (unpaired) electrons. The zero-order valence-corrected chi connectivity index (χ0v) is 20.1. The summed E-state index contributed by atoms with van der Waals surface area (Å²) in [6.45, 7) is 5.31. The van der Waals surface area contributed by atoms with Gasteiger partial charge in [0.15, 0.2) is 0 Å². The van der Waals surface area contributed by atoms with E-state index in [2.05, 4.69) is 16.0 Å². The van der Waals surface area contributed by atoms with Gasteiger partial charge in [0.1, 0.15) is 12.6 Å². The Morgan fingerprint density at radius 1 is 0.912 bits per heavy atom. The fourth-order valence-corrected chi connectivity index (χ4v) is 3.51. The van der Waals surface area contributed by atoms with E-state index >= 15 is 0 Å². The first kappa shape index (κ1) is 26.8. The summed E-state index contributed by atoms with van der Waals surface area (Å²) in [4.78, 5) is 66.0. The zero-order chi connectivity index (χ0) is 25.1. The number of rotatable bonds is 4. The van der Waals surface area contributed by atoms with Crippen LogP contribution in [0.4, 0.5) is 0 Å². The third-order valence-corrected chi connectivity index (χ3v) is 5.74. The minimum absolute atomic E-state index is 0.0475. The molecular weight excluding hydrogens is 438 g/mol. The van der Waals surface area contributed by atoms with Crippen molar-refractivity contribution in [2.45, 2.75) is 58.7 Å². The van der Waals surface area contributed by atoms with Crippen LogP contribution in [0.25, 0.3) is 0 Å². The lowest BCUT2D eigenvalue weighted by Gasteiger charge is -2.31. The molecule has 2 rings (SSSR count). The maximum Gasteiger partial charge on any atom is 0.242 e. The fraction of sp³-hybridized carbons (Fsp3) is 0.542. The van der Waals surface area contributed by atoms with Crippen molar-refractivity contribution in [1.29, 1.82) is 0 Å². The van der Waals surface area contributed by atoms with E-state index in [0.717, 1.165) is 5.56 Å². The zero-order valence-electron chi connectivity index (χ0n) is 20.1. The Kier molecular flexibility index (Phi) is 10.5. The average molecular weight is 474 g/mol. The number of nitrogens with one attached hydrogen (secondary N) is 3. The van der Waals surface area contributed by atoms with E-state index in [-0.39, 0.29) is 69.3 Å². The molecule has 2 atom stereocenters. The summed E-state index contributed by atoms with van der Waals surface area (Å²) in [7, 11) is 0. The predicted molar refractivity (Wildman–Crippen MR) is 126 cm³/mol. The van der Waals surface area contributed by atoms with E-state index in [9.17, 15) is 24.0 Å². The molecule has 0 bridgehead atoms. The highest BCUT2D eigenvalue weighted by Crippen LogP contribution is 2.10. The lowest BCUT2D eigenvalue weighted by atomic mass is 10.1. The predicted octanol–water partition coefficient (Wildman–Crippen LogP) is 0.173. The number of hydrogen-bond donors (Lipinski definition) is 3. The van der Waals surface area contributed by atoms with Crippen LogP contribution in [0.1, 0.15) is 45.6 Å². The van der Waals surface area contributed by atoms with E-state index in [1.165, 1.54) is 16.7 Å². The molecule has 0 aromatic heterocycles. The molecule has 1 heterocycles. The van der Waals surface area contributed by atoms with Crippen LogP contribution in [0, 0.1) is 0 Å². The SMILES string of the molecule is CCC(C)N1CC(=O)N(Cc2ccccc2)CC(=O)N[C@@H](C)C(=O)NCCC(=O)NCCC1=O. The Labute approximate surface area is 200 Å². The third-order valence-electron chi connectivity index (χ3n) is 5.74. The second kappa shape index (κ2) is 13.3. The molecule has 1 aliphatic rings. The van der Waals surface area contributed by atoms with E-state index in [4.69, 9.17) is 0 Å². The van der Waals surface area contributed by atoms with Crippen molar-refractivity contribution < 1.29 is 24.0 Å². The van der Waals surface area contributed by atoms with Crippen molar-refractivity contribution in [1.82, 2.24) is 25.8 Å². The normalized spacial score (nSPS) is 20.8. The molecule has 1 fully saturated rings. The molecule has 1 aromatic carbocycles. The smallest absolute Gasteiger partial charge is 0.242 e. The summed E-state index contributed by atoms with van der Waals surface area (Å²) in [6.07, 6.45) is 0.751. The second-order valence-electron chi connectivity index (χ2n) is 8.44. The van der Waals surface area contributed by atoms with Gasteiger partial charge in [-0.15, -0.1) is 0 Å². The highest BCUT2D eigenvalue weighted by atomic mass is 16.2. The van der Waals surface area contributed by atoms with Crippen LogP contribution in [0.2, 0.25) is 0 Å². The summed E-state index contributed by atoms with van der Waals surface area (Å²) >= 11 is 0. The first-order valence-corrected chi connectivity index (χ1v) is 11.7. The van der Waals surface area contributed by atoms with Crippen molar-refractivity contribution in [2.24, 2.45) is 0 Å². The molecule has 0 aliphatic carbocycles. The molecule has 34 heavy (non-hydrogen) atoms. The fourth-order valence-electron chi connectivity index (χ4n) is 3.51. The molecule has 10 nitrogen and oxygen atoms in total. The summed E-state index contributed by atoms with van der Waals surface area (Å²) in [6, 6.07) is 8.22. The van der Waals surface area contributed by atoms with Gasteiger partial charge in [0.05, 0.1) is 6.54 Å². The van der Waals surface area contributed by atoms with Crippen LogP contribution in [-0.2, 0) is 30.5 Å². The van der Waals surface area contributed by atoms with Crippen molar-refractivity contribution in [3.63, 3.8) is 0 Å². The lowest BCUT2D eigenvalue weighted by molar-refractivity contribution is -0.144. The van der Waals surface area contributed by atoms with E-state index < -0.39 is 17.9 Å². The van der Waals surface area contributed by atoms with Gasteiger partial charge in [-0.25, -0.2) is 0 Å². The molecule has 10 heteroatoms. The summed E-state index contributed by atoms with van der Waals surface area (Å²) in [5.41, 5.74) is 0.837. The van der Waals surface area contributed by atoms with Crippen LogP contribution >= 0.6 is 0 Å². The Hall–Kier alpha value is -3.43. The largest absolute Gasteiger partial charge is 0.356 e. The molecule has 0 saturated carbocycles. The van der Waals surface area contributed by atoms with Gasteiger partial charge < -0.3 is 25.8 Å². The average Bonchev–Trinajstić information content (AvgIpc) is 2.81. The van der Waals surface area contributed by atoms with Gasteiger partial charge in [-0.2, -0.15) is 0 Å². The van der Waals surface area contributed by atoms with Gasteiger partial charge in [-0.1, -0.05) is 37.3 Å². The number of hydrogen-bond acceptors (Lipinski definition) is 5. The van der Waals surface area contributed by atoms with E-state index in [0.29, 0.717) is 6.42 Å². The molecule has 3 N–H and O–H groups in total. The van der Waals surface area contributed by atoms with Crippen molar-refractivity contribution in [3.05, 3.63) is 35.9 Å². The van der Waals surface area contributed by atoms with Crippen molar-refractivity contribution in [3.8, 4) is 0 Å². The number of amides is 5. The molecule has 5 amide bonds. The quantitative estimate of drug-likeness (QED) is 0.575. The lowest BCUT2D eigenvalue weighted by Crippen LogP contribution is -2.51. The van der Waals surface area contributed by atoms with Gasteiger partial charge in [-0.05, 0) is 25.8 Å². The molecule has 1 saturated heterocycles. The summed E-state index contributed by atoms with van der Waals surface area (Å²) in [5, 5.41) is 7.87. The van der Waals surface area contributed by atoms with E-state index in [1.54, 1.807) is 0 Å². The van der Waals surface area contributed by atoms with Crippen LogP contribution in [-0.4, -0.2) is 77.6 Å². The van der Waals surface area contributed by atoms with Gasteiger partial charge in [0.2, 0.25) is 29.5 Å². The number of carbonyl (C=O) groups is 5. The number of benzene rings is 1. The molecule has 0 spiro atoms. The highest BCUT2D eigenvalue weighted by molar-refractivity contribution is 5.91. The molecule has 1 aliphatic heterocycles.